The van der Waals surface area contributed by atoms with E-state index in [1.165, 1.54) is 40.5 Å². The smallest absolute Gasteiger partial charge is 0.870 e. The first-order valence-corrected chi connectivity index (χ1v) is 22.3. The van der Waals surface area contributed by atoms with E-state index in [1.54, 1.807) is 24.3 Å². The van der Waals surface area contributed by atoms with Crippen molar-refractivity contribution in [2.24, 2.45) is 0 Å². The number of hydrogen-bond acceptors (Lipinski definition) is 6. The van der Waals surface area contributed by atoms with Gasteiger partial charge in [0.15, 0.2) is 0 Å². The maximum atomic E-state index is 11.7. The number of fused-ring (bicyclic) bond motifs is 2. The Kier molecular flexibility index (Phi) is 14.3. The molecular weight excluding hydrogens is 856 g/mol. The molecule has 69 heavy (non-hydrogen) atoms. The number of esters is 1. The zero-order chi connectivity index (χ0) is 47.0. The molecule has 0 unspecified atom stereocenters. The van der Waals surface area contributed by atoms with E-state index in [1.807, 2.05) is 42.5 Å². The predicted molar refractivity (Wildman–Crippen MR) is 269 cm³/mol. The van der Waals surface area contributed by atoms with Gasteiger partial charge < -0.3 is 34.8 Å². The Hall–Kier alpha value is -7.54. The number of carboxylic acid groups (broad SMARTS) is 1. The SMILES string of the molecule is COC(=O)c1ccc(-c2ccc(-c3ccc4c(c3)C(c3ccc(C)cc3)=CC(C)(C)O4)[nH]2)cc1.Cc1ccc(C2=CC(C)(C)Oc3ccc(-c4ccc(-c5ccc(C(=O)O)cc5)[nH]4)cc32)cc1.[Li+].[OH-]. The van der Waals surface area contributed by atoms with Crippen LogP contribution in [-0.4, -0.2) is 50.8 Å². The van der Waals surface area contributed by atoms with Crippen LogP contribution in [0.3, 0.4) is 0 Å². The number of benzene rings is 6. The van der Waals surface area contributed by atoms with Gasteiger partial charge in [0, 0.05) is 33.9 Å². The molecule has 0 bridgehead atoms. The second kappa shape index (κ2) is 20.0. The van der Waals surface area contributed by atoms with Crippen LogP contribution in [0.5, 0.6) is 11.5 Å². The summed E-state index contributed by atoms with van der Waals surface area (Å²) >= 11 is 0. The van der Waals surface area contributed by atoms with Gasteiger partial charge in [-0.05, 0) is 183 Å². The van der Waals surface area contributed by atoms with E-state index in [0.717, 1.165) is 67.7 Å². The first-order chi connectivity index (χ1) is 32.1. The topological polar surface area (TPSA) is 144 Å². The molecule has 10 heteroatoms. The number of carbonyl (C=O) groups excluding carboxylic acids is 1. The fourth-order valence-electron chi connectivity index (χ4n) is 8.57. The van der Waals surface area contributed by atoms with Gasteiger partial charge in [-0.2, -0.15) is 0 Å². The Morgan fingerprint density at radius 2 is 0.812 bits per heavy atom. The van der Waals surface area contributed by atoms with Gasteiger partial charge in [-0.15, -0.1) is 0 Å². The van der Waals surface area contributed by atoms with Gasteiger partial charge in [-0.3, -0.25) is 0 Å². The van der Waals surface area contributed by atoms with E-state index in [0.29, 0.717) is 5.56 Å². The number of hydrogen-bond donors (Lipinski definition) is 3. The molecule has 0 fully saturated rings. The summed E-state index contributed by atoms with van der Waals surface area (Å²) in [5, 5.41) is 9.12. The third-order valence-corrected chi connectivity index (χ3v) is 12.0. The van der Waals surface area contributed by atoms with Crippen LogP contribution in [0.4, 0.5) is 0 Å². The number of aromatic amines is 2. The summed E-state index contributed by atoms with van der Waals surface area (Å²) < 4.78 is 17.3. The molecule has 342 valence electrons. The maximum Gasteiger partial charge on any atom is 1.00 e. The summed E-state index contributed by atoms with van der Waals surface area (Å²) in [5.74, 6) is 0.496. The molecule has 0 radical (unpaired) electrons. The molecule has 4 heterocycles. The number of H-pyrrole nitrogens is 2. The van der Waals surface area contributed by atoms with Gasteiger partial charge in [-0.25, -0.2) is 9.59 Å². The van der Waals surface area contributed by atoms with E-state index in [9.17, 15) is 9.59 Å². The molecule has 6 aromatic carbocycles. The minimum atomic E-state index is -0.925. The van der Waals surface area contributed by atoms with Crippen molar-refractivity contribution in [1.29, 1.82) is 0 Å². The van der Waals surface area contributed by atoms with Crippen LogP contribution in [-0.2, 0) is 4.74 Å². The molecule has 9 nitrogen and oxygen atoms in total. The number of aromatic carboxylic acids is 1. The molecule has 2 aromatic heterocycles. The van der Waals surface area contributed by atoms with Crippen LogP contribution in [0.15, 0.2) is 170 Å². The molecule has 0 spiro atoms. The molecule has 0 atom stereocenters. The second-order valence-corrected chi connectivity index (χ2v) is 18.2. The molecule has 0 amide bonds. The van der Waals surface area contributed by atoms with Crippen LogP contribution in [0.25, 0.3) is 56.2 Å². The maximum absolute atomic E-state index is 11.7. The minimum absolute atomic E-state index is 0. The summed E-state index contributed by atoms with van der Waals surface area (Å²) in [6.45, 7) is 12.5. The molecule has 0 saturated heterocycles. The third kappa shape index (κ3) is 10.8. The molecule has 10 rings (SSSR count). The molecule has 2 aliphatic heterocycles. The predicted octanol–water partition coefficient (Wildman–Crippen LogP) is 10.8. The van der Waals surface area contributed by atoms with Crippen LogP contribution in [0, 0.1) is 13.8 Å². The standard InChI is InChI=1S/C30H27NO3.C29H25NO3.Li.H2O/c1-19-5-7-20(8-6-19)25-18-30(2,3)34-28-16-13-23(17-24(25)28)27-15-14-26(31-27)21-9-11-22(12-10-21)29(32)33-4;1-18-4-6-19(7-5-18)24-17-29(2,3)33-27-15-12-22(16-23(24)27)26-14-13-25(30-26)20-8-10-21(11-9-20)28(31)32;;/h5-18,31H,1-4H3;4-17,30H,1-3H3,(H,31,32);;1H2/q;;+1;/p-1. The van der Waals surface area contributed by atoms with E-state index in [4.69, 9.17) is 19.3 Å². The Bertz CT molecular complexity index is 3210. The van der Waals surface area contributed by atoms with Crippen molar-refractivity contribution in [3.8, 4) is 56.5 Å². The number of ether oxygens (including phenoxy) is 3. The van der Waals surface area contributed by atoms with E-state index < -0.39 is 11.6 Å². The summed E-state index contributed by atoms with van der Waals surface area (Å²) in [5.41, 5.74) is 17.4. The van der Waals surface area contributed by atoms with E-state index in [2.05, 4.69) is 155 Å². The fraction of sp³-hybridized carbons (Fsp3) is 0.153. The van der Waals surface area contributed by atoms with Crippen LogP contribution in [0.1, 0.15) is 81.8 Å². The van der Waals surface area contributed by atoms with E-state index >= 15 is 0 Å². The number of carbonyl (C=O) groups is 2. The largest absolute Gasteiger partial charge is 1.00 e. The molecule has 0 saturated carbocycles. The quantitative estimate of drug-likeness (QED) is 0.102. The normalized spacial score (nSPS) is 13.7. The second-order valence-electron chi connectivity index (χ2n) is 18.2. The van der Waals surface area contributed by atoms with Crippen molar-refractivity contribution in [2.75, 3.05) is 7.11 Å². The zero-order valence-corrected chi connectivity index (χ0v) is 40.1. The molecule has 8 aromatic rings. The van der Waals surface area contributed by atoms with Gasteiger partial charge in [0.25, 0.3) is 0 Å². The Balaban J connectivity index is 0.000000198. The summed E-state index contributed by atoms with van der Waals surface area (Å²) in [6.07, 6.45) is 4.39. The van der Waals surface area contributed by atoms with Gasteiger partial charge in [0.1, 0.15) is 22.7 Å². The third-order valence-electron chi connectivity index (χ3n) is 12.0. The van der Waals surface area contributed by atoms with Gasteiger partial charge in [0.05, 0.1) is 18.2 Å². The monoisotopic (exact) mass is 908 g/mol. The molecule has 0 aliphatic carbocycles. The number of rotatable bonds is 8. The van der Waals surface area contributed by atoms with Crippen molar-refractivity contribution < 1.29 is 53.2 Å². The Morgan fingerprint density at radius 3 is 1.17 bits per heavy atom. The average molecular weight is 909 g/mol. The minimum Gasteiger partial charge on any atom is -0.870 e. The van der Waals surface area contributed by atoms with Crippen LogP contribution in [0.2, 0.25) is 0 Å². The number of nitrogens with one attached hydrogen (secondary N) is 2. The number of methoxy groups -OCH3 is 1. The number of carboxylic acids is 1. The molecule has 4 N–H and O–H groups in total. The van der Waals surface area contributed by atoms with E-state index in [-0.39, 0.29) is 41.5 Å². The summed E-state index contributed by atoms with van der Waals surface area (Å²) in [7, 11) is 1.39. The Labute approximate surface area is 415 Å². The van der Waals surface area contributed by atoms with Crippen LogP contribution >= 0.6 is 0 Å². The Morgan fingerprint density at radius 1 is 0.478 bits per heavy atom. The van der Waals surface area contributed by atoms with Gasteiger partial charge >= 0.3 is 30.8 Å². The van der Waals surface area contributed by atoms with Crippen molar-refractivity contribution in [3.05, 3.63) is 214 Å². The summed E-state index contributed by atoms with van der Waals surface area (Å²) in [6, 6.07) is 52.3. The number of aryl methyl sites for hydroxylation is 2. The van der Waals surface area contributed by atoms with Gasteiger partial charge in [-0.1, -0.05) is 83.9 Å². The van der Waals surface area contributed by atoms with Crippen molar-refractivity contribution >= 4 is 23.1 Å². The zero-order valence-electron chi connectivity index (χ0n) is 40.1. The molecule has 2 aliphatic rings. The average Bonchev–Trinajstić information content (AvgIpc) is 4.03. The van der Waals surface area contributed by atoms with Crippen molar-refractivity contribution in [2.45, 2.75) is 52.7 Å². The first kappa shape index (κ1) is 49.4. The first-order valence-electron chi connectivity index (χ1n) is 22.3. The fourth-order valence-corrected chi connectivity index (χ4v) is 8.57. The molecular formula is C59H53LiN2O7. The van der Waals surface area contributed by atoms with Crippen LogP contribution < -0.4 is 28.3 Å². The van der Waals surface area contributed by atoms with Crippen molar-refractivity contribution in [3.63, 3.8) is 0 Å². The number of aromatic nitrogens is 2. The van der Waals surface area contributed by atoms with Crippen molar-refractivity contribution in [1.82, 2.24) is 9.97 Å². The van der Waals surface area contributed by atoms with Gasteiger partial charge in [0.2, 0.25) is 0 Å². The summed E-state index contributed by atoms with van der Waals surface area (Å²) in [4.78, 5) is 29.8.